The third-order valence-corrected chi connectivity index (χ3v) is 7.00. The van der Waals surface area contributed by atoms with Crippen molar-refractivity contribution in [3.05, 3.63) is 118 Å². The summed E-state index contributed by atoms with van der Waals surface area (Å²) in [6, 6.07) is 28.8. The molecule has 6 rings (SSSR count). The minimum Gasteiger partial charge on any atom is -0.294 e. The van der Waals surface area contributed by atoms with E-state index in [0.717, 1.165) is 27.5 Å². The molecule has 0 aliphatic heterocycles. The average molecular weight is 409 g/mol. The van der Waals surface area contributed by atoms with Crippen LogP contribution < -0.4 is 0 Å². The molecular formula is C27H17ClO2. The average Bonchev–Trinajstić information content (AvgIpc) is 3.42. The SMILES string of the molecule is O=C(c1ccccc1)[C@@H]1[C@H](c2ccc(Cl)cc2)[C@@]12C(=O)c1cccc3cccc2c13. The van der Waals surface area contributed by atoms with Gasteiger partial charge in [-0.2, -0.15) is 0 Å². The summed E-state index contributed by atoms with van der Waals surface area (Å²) < 4.78 is 0. The molecule has 4 aromatic rings. The molecule has 0 N–H and O–H groups in total. The fourth-order valence-electron chi connectivity index (χ4n) is 5.49. The van der Waals surface area contributed by atoms with E-state index in [2.05, 4.69) is 0 Å². The Balaban J connectivity index is 1.59. The summed E-state index contributed by atoms with van der Waals surface area (Å²) in [6.07, 6.45) is 0. The first kappa shape index (κ1) is 17.6. The highest BCUT2D eigenvalue weighted by Crippen LogP contribution is 2.71. The van der Waals surface area contributed by atoms with E-state index in [9.17, 15) is 9.59 Å². The molecule has 30 heavy (non-hydrogen) atoms. The van der Waals surface area contributed by atoms with Crippen molar-refractivity contribution in [3.63, 3.8) is 0 Å². The summed E-state index contributed by atoms with van der Waals surface area (Å²) in [5.74, 6) is -0.545. The quantitative estimate of drug-likeness (QED) is 0.377. The van der Waals surface area contributed by atoms with E-state index < -0.39 is 11.3 Å². The van der Waals surface area contributed by atoms with Crippen LogP contribution >= 0.6 is 11.6 Å². The molecule has 0 radical (unpaired) electrons. The number of carbonyl (C=O) groups excluding carboxylic acids is 2. The molecule has 0 bridgehead atoms. The molecule has 4 aromatic carbocycles. The fraction of sp³-hybridized carbons (Fsp3) is 0.111. The van der Waals surface area contributed by atoms with Crippen molar-refractivity contribution in [2.45, 2.75) is 11.3 Å². The monoisotopic (exact) mass is 408 g/mol. The standard InChI is InChI=1S/C27H17ClO2/c28-19-14-12-17(13-15-19)23-24(25(29)18-6-2-1-3-7-18)27(23)21-11-5-9-16-8-4-10-20(22(16)21)26(27)30/h1-15,23-24H/t23-,24-,27+/m0/s1. The molecule has 144 valence electrons. The van der Waals surface area contributed by atoms with Gasteiger partial charge in [0, 0.05) is 28.0 Å². The lowest BCUT2D eigenvalue weighted by molar-refractivity contribution is 0.0892. The number of hydrogen-bond acceptors (Lipinski definition) is 2. The highest BCUT2D eigenvalue weighted by atomic mass is 35.5. The second-order valence-electron chi connectivity index (χ2n) is 8.14. The summed E-state index contributed by atoms with van der Waals surface area (Å²) >= 11 is 6.12. The first-order chi connectivity index (χ1) is 14.6. The Morgan fingerprint density at radius 3 is 2.23 bits per heavy atom. The number of benzene rings is 4. The zero-order valence-corrected chi connectivity index (χ0v) is 16.8. The van der Waals surface area contributed by atoms with E-state index in [-0.39, 0.29) is 17.5 Å². The van der Waals surface area contributed by atoms with E-state index in [1.54, 1.807) is 0 Å². The molecule has 3 heteroatoms. The Morgan fingerprint density at radius 1 is 0.800 bits per heavy atom. The van der Waals surface area contributed by atoms with E-state index >= 15 is 0 Å². The van der Waals surface area contributed by atoms with Crippen LogP contribution in [-0.4, -0.2) is 11.6 Å². The van der Waals surface area contributed by atoms with Crippen LogP contribution in [0.4, 0.5) is 0 Å². The van der Waals surface area contributed by atoms with Crippen LogP contribution in [-0.2, 0) is 5.41 Å². The van der Waals surface area contributed by atoms with E-state index in [0.29, 0.717) is 10.6 Å². The maximum absolute atomic E-state index is 13.9. The van der Waals surface area contributed by atoms with Gasteiger partial charge >= 0.3 is 0 Å². The van der Waals surface area contributed by atoms with Crippen LogP contribution in [0.2, 0.25) is 5.02 Å². The molecule has 3 atom stereocenters. The normalized spacial score (nSPS) is 23.8. The molecule has 0 heterocycles. The first-order valence-corrected chi connectivity index (χ1v) is 10.4. The summed E-state index contributed by atoms with van der Waals surface area (Å²) in [4.78, 5) is 27.5. The largest absolute Gasteiger partial charge is 0.294 e. The van der Waals surface area contributed by atoms with Gasteiger partial charge in [0.2, 0.25) is 0 Å². The molecule has 2 aliphatic rings. The third kappa shape index (κ3) is 2.15. The molecule has 2 aliphatic carbocycles. The number of fused-ring (bicyclic) bond motifs is 1. The van der Waals surface area contributed by atoms with E-state index in [4.69, 9.17) is 11.6 Å². The van der Waals surface area contributed by atoms with Crippen molar-refractivity contribution in [2.75, 3.05) is 0 Å². The van der Waals surface area contributed by atoms with Crippen LogP contribution in [0.1, 0.15) is 37.8 Å². The summed E-state index contributed by atoms with van der Waals surface area (Å²) in [7, 11) is 0. The third-order valence-electron chi connectivity index (χ3n) is 6.75. The highest BCUT2D eigenvalue weighted by Gasteiger charge is 2.75. The lowest BCUT2D eigenvalue weighted by Crippen LogP contribution is -2.22. The predicted molar refractivity (Wildman–Crippen MR) is 118 cm³/mol. The van der Waals surface area contributed by atoms with Crippen molar-refractivity contribution < 1.29 is 9.59 Å². The topological polar surface area (TPSA) is 34.1 Å². The van der Waals surface area contributed by atoms with Gasteiger partial charge in [-0.25, -0.2) is 0 Å². The molecule has 0 aromatic heterocycles. The Kier molecular flexibility index (Phi) is 3.60. The fourth-order valence-corrected chi connectivity index (χ4v) is 5.62. The zero-order chi connectivity index (χ0) is 20.5. The molecule has 1 spiro atoms. The van der Waals surface area contributed by atoms with Crippen molar-refractivity contribution >= 4 is 33.9 Å². The minimum atomic E-state index is -0.843. The smallest absolute Gasteiger partial charge is 0.175 e. The van der Waals surface area contributed by atoms with Crippen LogP contribution in [0.25, 0.3) is 10.8 Å². The predicted octanol–water partition coefficient (Wildman–Crippen LogP) is 6.22. The summed E-state index contributed by atoms with van der Waals surface area (Å²) in [6.45, 7) is 0. The van der Waals surface area contributed by atoms with Crippen molar-refractivity contribution in [1.82, 2.24) is 0 Å². The summed E-state index contributed by atoms with van der Waals surface area (Å²) in [5.41, 5.74) is 2.49. The van der Waals surface area contributed by atoms with Crippen LogP contribution in [0.3, 0.4) is 0 Å². The van der Waals surface area contributed by atoms with Crippen molar-refractivity contribution in [1.29, 1.82) is 0 Å². The Labute approximate surface area is 179 Å². The minimum absolute atomic E-state index is 0.0220. The molecule has 1 saturated carbocycles. The Morgan fingerprint density at radius 2 is 1.50 bits per heavy atom. The zero-order valence-electron chi connectivity index (χ0n) is 16.0. The number of Topliss-reactive ketones (excluding diaryl/α,β-unsaturated/α-hetero) is 2. The van der Waals surface area contributed by atoms with Gasteiger partial charge in [0.1, 0.15) is 0 Å². The molecule has 0 amide bonds. The van der Waals surface area contributed by atoms with E-state index in [1.165, 1.54) is 0 Å². The van der Waals surface area contributed by atoms with Crippen molar-refractivity contribution in [2.24, 2.45) is 5.92 Å². The molecular weight excluding hydrogens is 392 g/mol. The van der Waals surface area contributed by atoms with Gasteiger partial charge in [-0.05, 0) is 34.0 Å². The van der Waals surface area contributed by atoms with E-state index in [1.807, 2.05) is 91.0 Å². The number of hydrogen-bond donors (Lipinski definition) is 0. The van der Waals surface area contributed by atoms with Gasteiger partial charge in [0.15, 0.2) is 11.6 Å². The van der Waals surface area contributed by atoms with Crippen LogP contribution in [0, 0.1) is 5.92 Å². The lowest BCUT2D eigenvalue weighted by atomic mass is 9.88. The molecule has 1 fully saturated rings. The molecule has 0 saturated heterocycles. The van der Waals surface area contributed by atoms with Gasteiger partial charge < -0.3 is 0 Å². The first-order valence-electron chi connectivity index (χ1n) is 10.1. The van der Waals surface area contributed by atoms with Gasteiger partial charge in [-0.15, -0.1) is 0 Å². The number of carbonyl (C=O) groups is 2. The van der Waals surface area contributed by atoms with Crippen molar-refractivity contribution in [3.8, 4) is 0 Å². The second-order valence-corrected chi connectivity index (χ2v) is 8.58. The van der Waals surface area contributed by atoms with Crippen LogP contribution in [0.15, 0.2) is 91.0 Å². The lowest BCUT2D eigenvalue weighted by Gasteiger charge is -2.11. The number of rotatable bonds is 3. The van der Waals surface area contributed by atoms with Gasteiger partial charge in [-0.1, -0.05) is 90.5 Å². The molecule has 2 nitrogen and oxygen atoms in total. The van der Waals surface area contributed by atoms with Gasteiger partial charge in [0.25, 0.3) is 0 Å². The Hall–Kier alpha value is -3.23. The number of halogens is 1. The van der Waals surface area contributed by atoms with Gasteiger partial charge in [-0.3, -0.25) is 9.59 Å². The molecule has 0 unspecified atom stereocenters. The summed E-state index contributed by atoms with van der Waals surface area (Å²) in [5, 5.41) is 2.68. The van der Waals surface area contributed by atoms with Crippen LogP contribution in [0.5, 0.6) is 0 Å². The Bertz CT molecular complexity index is 1340. The van der Waals surface area contributed by atoms with Gasteiger partial charge in [0.05, 0.1) is 5.41 Å². The second kappa shape index (κ2) is 6.13. The maximum Gasteiger partial charge on any atom is 0.175 e. The maximum atomic E-state index is 13.9. The highest BCUT2D eigenvalue weighted by molar-refractivity contribution is 6.30. The number of ketones is 2.